The van der Waals surface area contributed by atoms with E-state index in [-0.39, 0.29) is 7.43 Å². The van der Waals surface area contributed by atoms with E-state index in [4.69, 9.17) is 0 Å². The summed E-state index contributed by atoms with van der Waals surface area (Å²) in [5, 5.41) is 5.39. The van der Waals surface area contributed by atoms with E-state index < -0.39 is 0 Å². The number of benzene rings is 3. The Morgan fingerprint density at radius 1 is 0.688 bits per heavy atom. The van der Waals surface area contributed by atoms with Gasteiger partial charge in [0, 0.05) is 0 Å². The Kier molecular flexibility index (Phi) is 2.66. The summed E-state index contributed by atoms with van der Waals surface area (Å²) in [6.45, 7) is 2.18. The van der Waals surface area contributed by atoms with Gasteiger partial charge in [-0.1, -0.05) is 62.0 Å². The first-order valence-corrected chi connectivity index (χ1v) is 5.23. The van der Waals surface area contributed by atoms with Gasteiger partial charge in [-0.05, 0) is 34.0 Å². The molecule has 0 nitrogen and oxygen atoms in total. The molecule has 0 spiro atoms. The number of hydrogen-bond donors (Lipinski definition) is 0. The normalized spacial score (nSPS) is 10.3. The highest BCUT2D eigenvalue weighted by atomic mass is 14.0. The molecule has 0 unspecified atom stereocenters. The van der Waals surface area contributed by atoms with Gasteiger partial charge < -0.3 is 0 Å². The Morgan fingerprint density at radius 2 is 1.38 bits per heavy atom. The van der Waals surface area contributed by atoms with Gasteiger partial charge in [0.25, 0.3) is 0 Å². The Labute approximate surface area is 96.5 Å². The molecule has 3 aromatic rings. The summed E-state index contributed by atoms with van der Waals surface area (Å²) in [6.07, 6.45) is 0. The van der Waals surface area contributed by atoms with E-state index in [2.05, 4.69) is 61.5 Å². The van der Waals surface area contributed by atoms with Crippen molar-refractivity contribution in [2.75, 3.05) is 0 Å². The van der Waals surface area contributed by atoms with Crippen LogP contribution in [0.25, 0.3) is 21.5 Å². The molecule has 0 atom stereocenters. The molecule has 3 aromatic carbocycles. The Bertz CT molecular complexity index is 636. The zero-order valence-electron chi connectivity index (χ0n) is 8.70. The highest BCUT2D eigenvalue weighted by Gasteiger charge is 2.01. The van der Waals surface area contributed by atoms with Gasteiger partial charge in [-0.3, -0.25) is 0 Å². The summed E-state index contributed by atoms with van der Waals surface area (Å²) >= 11 is 0. The van der Waals surface area contributed by atoms with E-state index in [1.807, 2.05) is 0 Å². The van der Waals surface area contributed by atoms with Gasteiger partial charge in [-0.25, -0.2) is 0 Å². The number of hydrogen-bond acceptors (Lipinski definition) is 0. The summed E-state index contributed by atoms with van der Waals surface area (Å²) < 4.78 is 0. The molecule has 0 bridgehead atoms. The van der Waals surface area contributed by atoms with Crippen LogP contribution in [0.1, 0.15) is 13.0 Å². The van der Waals surface area contributed by atoms with Crippen LogP contribution in [-0.2, 0) is 0 Å². The molecule has 0 heteroatoms. The van der Waals surface area contributed by atoms with Crippen LogP contribution in [0.15, 0.2) is 54.6 Å². The van der Waals surface area contributed by atoms with E-state index in [1.54, 1.807) is 0 Å². The van der Waals surface area contributed by atoms with Crippen molar-refractivity contribution in [2.24, 2.45) is 0 Å². The molecule has 0 aliphatic heterocycles. The predicted molar refractivity (Wildman–Crippen MR) is 72.9 cm³/mol. The van der Waals surface area contributed by atoms with Crippen molar-refractivity contribution in [2.45, 2.75) is 14.4 Å². The standard InChI is InChI=1S/C15H12.CH4/c1-11-5-4-7-13-10-9-12-6-2-3-8-14(12)15(11)13;/h2-10H,1H3;1H4. The first-order valence-electron chi connectivity index (χ1n) is 5.23. The third-order valence-corrected chi connectivity index (χ3v) is 2.98. The Hall–Kier alpha value is -1.82. The maximum Gasteiger partial charge on any atom is -0.00761 e. The molecule has 0 aliphatic rings. The van der Waals surface area contributed by atoms with E-state index in [0.717, 1.165) is 0 Å². The third-order valence-electron chi connectivity index (χ3n) is 2.98. The number of fused-ring (bicyclic) bond motifs is 3. The molecule has 0 heterocycles. The molecule has 0 aromatic heterocycles. The van der Waals surface area contributed by atoms with Crippen molar-refractivity contribution >= 4 is 21.5 Å². The first-order chi connectivity index (χ1) is 7.36. The molecule has 0 saturated carbocycles. The minimum absolute atomic E-state index is 0. The average molecular weight is 208 g/mol. The maximum atomic E-state index is 2.20. The van der Waals surface area contributed by atoms with Crippen LogP contribution in [0, 0.1) is 6.92 Å². The van der Waals surface area contributed by atoms with Gasteiger partial charge in [-0.15, -0.1) is 0 Å². The fraction of sp³-hybridized carbons (Fsp3) is 0.125. The predicted octanol–water partition coefficient (Wildman–Crippen LogP) is 4.94. The maximum absolute atomic E-state index is 2.20. The summed E-state index contributed by atoms with van der Waals surface area (Å²) in [5.41, 5.74) is 1.35. The lowest BCUT2D eigenvalue weighted by atomic mass is 9.99. The van der Waals surface area contributed by atoms with E-state index in [1.165, 1.54) is 27.1 Å². The van der Waals surface area contributed by atoms with Crippen LogP contribution in [0.3, 0.4) is 0 Å². The lowest BCUT2D eigenvalue weighted by molar-refractivity contribution is 1.54. The van der Waals surface area contributed by atoms with Crippen molar-refractivity contribution in [3.05, 3.63) is 60.2 Å². The van der Waals surface area contributed by atoms with Gasteiger partial charge in [-0.2, -0.15) is 0 Å². The lowest BCUT2D eigenvalue weighted by Crippen LogP contribution is -1.80. The molecule has 0 radical (unpaired) electrons. The number of aryl methyl sites for hydroxylation is 1. The zero-order valence-corrected chi connectivity index (χ0v) is 8.70. The molecule has 0 fully saturated rings. The fourth-order valence-electron chi connectivity index (χ4n) is 2.25. The van der Waals surface area contributed by atoms with E-state index in [9.17, 15) is 0 Å². The molecular weight excluding hydrogens is 192 g/mol. The Balaban J connectivity index is 0.000000963. The van der Waals surface area contributed by atoms with Crippen molar-refractivity contribution in [1.82, 2.24) is 0 Å². The van der Waals surface area contributed by atoms with Crippen molar-refractivity contribution < 1.29 is 0 Å². The molecule has 0 aliphatic carbocycles. The highest BCUT2D eigenvalue weighted by molar-refractivity contribution is 6.08. The largest absolute Gasteiger partial charge is 0.0776 e. The summed E-state index contributed by atoms with van der Waals surface area (Å²) in [7, 11) is 0. The molecule has 0 amide bonds. The molecule has 16 heavy (non-hydrogen) atoms. The van der Waals surface area contributed by atoms with Gasteiger partial charge in [0.2, 0.25) is 0 Å². The number of rotatable bonds is 0. The second-order valence-corrected chi connectivity index (χ2v) is 3.96. The van der Waals surface area contributed by atoms with Crippen LogP contribution in [0.4, 0.5) is 0 Å². The van der Waals surface area contributed by atoms with Gasteiger partial charge >= 0.3 is 0 Å². The lowest BCUT2D eigenvalue weighted by Gasteiger charge is -2.06. The first kappa shape index (κ1) is 10.7. The van der Waals surface area contributed by atoms with Crippen LogP contribution in [0.5, 0.6) is 0 Å². The van der Waals surface area contributed by atoms with Crippen LogP contribution in [0.2, 0.25) is 0 Å². The van der Waals surface area contributed by atoms with Crippen molar-refractivity contribution in [3.63, 3.8) is 0 Å². The van der Waals surface area contributed by atoms with Crippen molar-refractivity contribution in [1.29, 1.82) is 0 Å². The zero-order chi connectivity index (χ0) is 10.3. The smallest absolute Gasteiger partial charge is 0.00761 e. The minimum atomic E-state index is 0. The van der Waals surface area contributed by atoms with Crippen LogP contribution >= 0.6 is 0 Å². The molecular formula is C16H16. The molecule has 80 valence electrons. The Morgan fingerprint density at radius 3 is 2.25 bits per heavy atom. The van der Waals surface area contributed by atoms with E-state index >= 15 is 0 Å². The monoisotopic (exact) mass is 208 g/mol. The van der Waals surface area contributed by atoms with Gasteiger partial charge in [0.05, 0.1) is 0 Å². The highest BCUT2D eigenvalue weighted by Crippen LogP contribution is 2.27. The summed E-state index contributed by atoms with van der Waals surface area (Å²) in [6, 6.07) is 19.4. The topological polar surface area (TPSA) is 0 Å². The van der Waals surface area contributed by atoms with Crippen molar-refractivity contribution in [3.8, 4) is 0 Å². The van der Waals surface area contributed by atoms with Gasteiger partial charge in [0.1, 0.15) is 0 Å². The average Bonchev–Trinajstić information content (AvgIpc) is 2.29. The minimum Gasteiger partial charge on any atom is -0.0776 e. The quantitative estimate of drug-likeness (QED) is 0.459. The molecule has 0 N–H and O–H groups in total. The fourth-order valence-corrected chi connectivity index (χ4v) is 2.25. The third kappa shape index (κ3) is 1.47. The summed E-state index contributed by atoms with van der Waals surface area (Å²) in [4.78, 5) is 0. The van der Waals surface area contributed by atoms with E-state index in [0.29, 0.717) is 0 Å². The molecule has 0 saturated heterocycles. The summed E-state index contributed by atoms with van der Waals surface area (Å²) in [5.74, 6) is 0. The van der Waals surface area contributed by atoms with Crippen LogP contribution < -0.4 is 0 Å². The molecule has 3 rings (SSSR count). The van der Waals surface area contributed by atoms with Gasteiger partial charge in [0.15, 0.2) is 0 Å². The second kappa shape index (κ2) is 3.97. The van der Waals surface area contributed by atoms with Crippen LogP contribution in [-0.4, -0.2) is 0 Å². The SMILES string of the molecule is C.Cc1cccc2ccc3ccccc3c12. The second-order valence-electron chi connectivity index (χ2n) is 3.96.